The predicted molar refractivity (Wildman–Crippen MR) is 119 cm³/mol. The molecule has 2 aromatic heterocycles. The zero-order valence-electron chi connectivity index (χ0n) is 16.9. The molecule has 0 saturated heterocycles. The average molecular weight is 421 g/mol. The van der Waals surface area contributed by atoms with Gasteiger partial charge in [0.2, 0.25) is 0 Å². The number of anilines is 1. The lowest BCUT2D eigenvalue weighted by molar-refractivity contribution is 0.102. The molecule has 0 saturated carbocycles. The number of aromatic nitrogens is 3. The van der Waals surface area contributed by atoms with E-state index in [4.69, 9.17) is 16.3 Å². The van der Waals surface area contributed by atoms with E-state index in [0.29, 0.717) is 33.0 Å². The molecule has 1 amide bonds. The van der Waals surface area contributed by atoms with E-state index in [1.807, 2.05) is 55.5 Å². The Labute approximate surface area is 179 Å². The van der Waals surface area contributed by atoms with Crippen LogP contribution in [-0.4, -0.2) is 27.8 Å². The number of methoxy groups -OCH3 is 1. The summed E-state index contributed by atoms with van der Waals surface area (Å²) in [7, 11) is 1.62. The van der Waals surface area contributed by atoms with Gasteiger partial charge in [0.25, 0.3) is 5.91 Å². The number of ether oxygens (including phenoxy) is 1. The van der Waals surface area contributed by atoms with Gasteiger partial charge in [-0.05, 0) is 55.3 Å². The molecular weight excluding hydrogens is 400 g/mol. The molecule has 30 heavy (non-hydrogen) atoms. The molecule has 2 heterocycles. The topological polar surface area (TPSA) is 69.0 Å². The van der Waals surface area contributed by atoms with E-state index in [1.54, 1.807) is 11.8 Å². The first-order valence-corrected chi connectivity index (χ1v) is 9.98. The molecule has 0 atom stereocenters. The minimum absolute atomic E-state index is 0.307. The highest BCUT2D eigenvalue weighted by Crippen LogP contribution is 2.30. The fourth-order valence-corrected chi connectivity index (χ4v) is 3.65. The van der Waals surface area contributed by atoms with Gasteiger partial charge in [0.05, 0.1) is 34.5 Å². The van der Waals surface area contributed by atoms with Crippen LogP contribution in [-0.2, 0) is 6.42 Å². The van der Waals surface area contributed by atoms with E-state index in [2.05, 4.69) is 22.3 Å². The van der Waals surface area contributed by atoms with Crippen LogP contribution in [0.4, 0.5) is 5.69 Å². The van der Waals surface area contributed by atoms with Crippen LogP contribution in [0.5, 0.6) is 5.75 Å². The molecule has 2 aromatic carbocycles. The number of pyridine rings is 1. The lowest BCUT2D eigenvalue weighted by atomic mass is 10.1. The summed E-state index contributed by atoms with van der Waals surface area (Å²) in [6.45, 7) is 3.93. The van der Waals surface area contributed by atoms with Crippen molar-refractivity contribution in [2.75, 3.05) is 12.4 Å². The number of amides is 1. The maximum absolute atomic E-state index is 12.8. The van der Waals surface area contributed by atoms with Crippen LogP contribution in [0.3, 0.4) is 0 Å². The van der Waals surface area contributed by atoms with Crippen molar-refractivity contribution in [1.29, 1.82) is 0 Å². The van der Waals surface area contributed by atoms with Crippen LogP contribution in [0.15, 0.2) is 54.7 Å². The molecule has 1 N–H and O–H groups in total. The summed E-state index contributed by atoms with van der Waals surface area (Å²) in [5.41, 5.74) is 4.33. The number of carbonyl (C=O) groups excluding carboxylic acids is 1. The molecule has 0 aliphatic carbocycles. The third kappa shape index (κ3) is 3.62. The normalized spacial score (nSPS) is 10.9. The molecule has 0 spiro atoms. The van der Waals surface area contributed by atoms with Gasteiger partial charge >= 0.3 is 0 Å². The van der Waals surface area contributed by atoms with Crippen LogP contribution in [0.1, 0.15) is 28.5 Å². The van der Waals surface area contributed by atoms with Gasteiger partial charge in [-0.2, -0.15) is 5.10 Å². The van der Waals surface area contributed by atoms with Crippen LogP contribution in [0, 0.1) is 6.92 Å². The van der Waals surface area contributed by atoms with E-state index >= 15 is 0 Å². The Bertz CT molecular complexity index is 1210. The van der Waals surface area contributed by atoms with Crippen LogP contribution < -0.4 is 10.1 Å². The van der Waals surface area contributed by atoms with Crippen molar-refractivity contribution < 1.29 is 9.53 Å². The Morgan fingerprint density at radius 1 is 1.13 bits per heavy atom. The number of fused-ring (bicyclic) bond motifs is 1. The molecule has 0 fully saturated rings. The van der Waals surface area contributed by atoms with Gasteiger partial charge in [-0.25, -0.2) is 9.67 Å². The Morgan fingerprint density at radius 3 is 2.47 bits per heavy atom. The standard InChI is InChI=1S/C23H21ClN4O2/c1-4-15-5-7-16(8-6-15)26-23(29)19-13-25-22-20(21(19)24)14(2)27-28(22)17-9-11-18(30-3)12-10-17/h5-13H,4H2,1-3H3,(H,26,29). The molecule has 0 radical (unpaired) electrons. The fraction of sp³-hybridized carbons (Fsp3) is 0.174. The first-order chi connectivity index (χ1) is 14.5. The largest absolute Gasteiger partial charge is 0.497 e. The number of aryl methyl sites for hydroxylation is 2. The fourth-order valence-electron chi connectivity index (χ4n) is 3.29. The highest BCUT2D eigenvalue weighted by molar-refractivity contribution is 6.39. The maximum Gasteiger partial charge on any atom is 0.258 e. The molecule has 4 aromatic rings. The van der Waals surface area contributed by atoms with E-state index < -0.39 is 0 Å². The van der Waals surface area contributed by atoms with Gasteiger partial charge < -0.3 is 10.1 Å². The summed E-state index contributed by atoms with van der Waals surface area (Å²) < 4.78 is 6.92. The molecule has 4 rings (SSSR count). The minimum Gasteiger partial charge on any atom is -0.497 e. The molecule has 0 bridgehead atoms. The minimum atomic E-state index is -0.310. The number of nitrogens with zero attached hydrogens (tertiary/aromatic N) is 3. The highest BCUT2D eigenvalue weighted by atomic mass is 35.5. The molecular formula is C23H21ClN4O2. The van der Waals surface area contributed by atoms with Gasteiger partial charge in [-0.1, -0.05) is 30.7 Å². The average Bonchev–Trinajstić information content (AvgIpc) is 3.11. The smallest absolute Gasteiger partial charge is 0.258 e. The van der Waals surface area contributed by atoms with Gasteiger partial charge in [0.1, 0.15) is 5.75 Å². The molecule has 6 nitrogen and oxygen atoms in total. The summed E-state index contributed by atoms with van der Waals surface area (Å²) in [5.74, 6) is 0.444. The number of hydrogen-bond acceptors (Lipinski definition) is 4. The van der Waals surface area contributed by atoms with Crippen LogP contribution in [0.25, 0.3) is 16.7 Å². The molecule has 152 valence electrons. The van der Waals surface area contributed by atoms with Crippen molar-refractivity contribution >= 4 is 34.2 Å². The Kier molecular flexibility index (Phi) is 5.42. The van der Waals surface area contributed by atoms with Crippen LogP contribution >= 0.6 is 11.6 Å². The van der Waals surface area contributed by atoms with Crippen molar-refractivity contribution in [2.24, 2.45) is 0 Å². The van der Waals surface area contributed by atoms with Crippen molar-refractivity contribution in [3.63, 3.8) is 0 Å². The summed E-state index contributed by atoms with van der Waals surface area (Å²) in [4.78, 5) is 17.3. The predicted octanol–water partition coefficient (Wildman–Crippen LogP) is 5.21. The van der Waals surface area contributed by atoms with Crippen molar-refractivity contribution in [3.8, 4) is 11.4 Å². The maximum atomic E-state index is 12.8. The summed E-state index contributed by atoms with van der Waals surface area (Å²) in [6, 6.07) is 15.2. The van der Waals surface area contributed by atoms with Crippen LogP contribution in [0.2, 0.25) is 5.02 Å². The van der Waals surface area contributed by atoms with E-state index in [9.17, 15) is 4.79 Å². The summed E-state index contributed by atoms with van der Waals surface area (Å²) >= 11 is 6.63. The van der Waals surface area contributed by atoms with Crippen molar-refractivity contribution in [2.45, 2.75) is 20.3 Å². The zero-order chi connectivity index (χ0) is 21.3. The summed E-state index contributed by atoms with van der Waals surface area (Å²) in [5, 5.41) is 8.45. The first-order valence-electron chi connectivity index (χ1n) is 9.60. The number of nitrogens with one attached hydrogen (secondary N) is 1. The highest BCUT2D eigenvalue weighted by Gasteiger charge is 2.20. The third-order valence-corrected chi connectivity index (χ3v) is 5.38. The Hall–Kier alpha value is -3.38. The quantitative estimate of drug-likeness (QED) is 0.481. The Balaban J connectivity index is 1.69. The lowest BCUT2D eigenvalue weighted by Gasteiger charge is -2.09. The van der Waals surface area contributed by atoms with Crippen molar-refractivity contribution in [1.82, 2.24) is 14.8 Å². The Morgan fingerprint density at radius 2 is 1.83 bits per heavy atom. The van der Waals surface area contributed by atoms with Crippen molar-refractivity contribution in [3.05, 3.63) is 76.6 Å². The van der Waals surface area contributed by atoms with Gasteiger partial charge in [0, 0.05) is 11.9 Å². The number of halogens is 1. The molecule has 0 aliphatic rings. The van der Waals surface area contributed by atoms with Gasteiger partial charge in [-0.15, -0.1) is 0 Å². The first kappa shape index (κ1) is 19.9. The number of benzene rings is 2. The second-order valence-corrected chi connectivity index (χ2v) is 7.26. The zero-order valence-corrected chi connectivity index (χ0v) is 17.7. The van der Waals surface area contributed by atoms with E-state index in [-0.39, 0.29) is 5.91 Å². The van der Waals surface area contributed by atoms with E-state index in [1.165, 1.54) is 11.8 Å². The third-order valence-electron chi connectivity index (χ3n) is 4.99. The number of rotatable bonds is 5. The molecule has 7 heteroatoms. The molecule has 0 aliphatic heterocycles. The van der Waals surface area contributed by atoms with Gasteiger partial charge in [-0.3, -0.25) is 4.79 Å². The second-order valence-electron chi connectivity index (χ2n) is 6.88. The molecule has 0 unspecified atom stereocenters. The monoisotopic (exact) mass is 420 g/mol. The van der Waals surface area contributed by atoms with Gasteiger partial charge in [0.15, 0.2) is 5.65 Å². The summed E-state index contributed by atoms with van der Waals surface area (Å²) in [6.07, 6.45) is 2.43. The van der Waals surface area contributed by atoms with E-state index in [0.717, 1.165) is 17.9 Å². The lowest BCUT2D eigenvalue weighted by Crippen LogP contribution is -2.13. The number of carbonyl (C=O) groups is 1. The second kappa shape index (κ2) is 8.16. The number of hydrogen-bond donors (Lipinski definition) is 1. The SMILES string of the molecule is CCc1ccc(NC(=O)c2cnc3c(c(C)nn3-c3ccc(OC)cc3)c2Cl)cc1.